The molecule has 0 aromatic heterocycles. The summed E-state index contributed by atoms with van der Waals surface area (Å²) < 4.78 is 5.83. The molecule has 0 bridgehead atoms. The zero-order valence-electron chi connectivity index (χ0n) is 11.7. The van der Waals surface area contributed by atoms with E-state index in [2.05, 4.69) is 30.7 Å². The van der Waals surface area contributed by atoms with Gasteiger partial charge in [-0.25, -0.2) is 0 Å². The van der Waals surface area contributed by atoms with Crippen LogP contribution in [0.15, 0.2) is 0 Å². The zero-order valence-corrected chi connectivity index (χ0v) is 11.7. The van der Waals surface area contributed by atoms with Gasteiger partial charge >= 0.3 is 0 Å². The van der Waals surface area contributed by atoms with Gasteiger partial charge in [-0.1, -0.05) is 13.8 Å². The van der Waals surface area contributed by atoms with E-state index in [1.807, 2.05) is 0 Å². The number of nitrogens with zero attached hydrogens (tertiary/aromatic N) is 2. The maximum Gasteiger partial charge on any atom is 0.0829 e. The van der Waals surface area contributed by atoms with E-state index in [1.165, 1.54) is 6.54 Å². The monoisotopic (exact) mass is 243 g/mol. The van der Waals surface area contributed by atoms with Crippen LogP contribution in [0.5, 0.6) is 0 Å². The molecule has 4 nitrogen and oxygen atoms in total. The van der Waals surface area contributed by atoms with Gasteiger partial charge in [-0.15, -0.1) is 0 Å². The summed E-state index contributed by atoms with van der Waals surface area (Å²) in [6.45, 7) is 11.6. The number of ether oxygens (including phenoxy) is 1. The Bertz CT molecular complexity index is 199. The summed E-state index contributed by atoms with van der Waals surface area (Å²) in [6, 6.07) is 0. The fourth-order valence-corrected chi connectivity index (χ4v) is 2.37. The largest absolute Gasteiger partial charge is 0.374 e. The van der Waals surface area contributed by atoms with Gasteiger partial charge in [0.05, 0.1) is 12.7 Å². The molecule has 102 valence electrons. The zero-order chi connectivity index (χ0) is 12.7. The number of hydrogen-bond acceptors (Lipinski definition) is 4. The molecule has 2 N–H and O–H groups in total. The topological polar surface area (TPSA) is 41.7 Å². The summed E-state index contributed by atoms with van der Waals surface area (Å²) in [5.41, 5.74) is 5.52. The molecular formula is C13H29N3O. The van der Waals surface area contributed by atoms with Crippen molar-refractivity contribution in [2.75, 3.05) is 52.9 Å². The lowest BCUT2D eigenvalue weighted by Crippen LogP contribution is -2.48. The predicted molar refractivity (Wildman–Crippen MR) is 72.2 cm³/mol. The molecule has 17 heavy (non-hydrogen) atoms. The van der Waals surface area contributed by atoms with Crippen molar-refractivity contribution in [3.8, 4) is 0 Å². The number of hydrogen-bond donors (Lipinski definition) is 1. The van der Waals surface area contributed by atoms with Gasteiger partial charge in [-0.3, -0.25) is 4.90 Å². The minimum absolute atomic E-state index is 0.366. The first-order valence-electron chi connectivity index (χ1n) is 6.84. The molecule has 0 aromatic carbocycles. The fourth-order valence-electron chi connectivity index (χ4n) is 2.37. The summed E-state index contributed by atoms with van der Waals surface area (Å²) >= 11 is 0. The molecule has 1 aliphatic heterocycles. The third kappa shape index (κ3) is 6.36. The molecule has 0 aromatic rings. The molecule has 1 atom stereocenters. The van der Waals surface area contributed by atoms with Crippen molar-refractivity contribution < 1.29 is 4.74 Å². The molecule has 4 heteroatoms. The Morgan fingerprint density at radius 2 is 2.24 bits per heavy atom. The van der Waals surface area contributed by atoms with Crippen LogP contribution < -0.4 is 5.73 Å². The summed E-state index contributed by atoms with van der Waals surface area (Å²) in [7, 11) is 2.15. The van der Waals surface area contributed by atoms with Crippen molar-refractivity contribution in [3.05, 3.63) is 0 Å². The predicted octanol–water partition coefficient (Wildman–Crippen LogP) is 0.624. The molecular weight excluding hydrogens is 214 g/mol. The molecule has 1 heterocycles. The van der Waals surface area contributed by atoms with Crippen LogP contribution in [-0.4, -0.2) is 68.8 Å². The van der Waals surface area contributed by atoms with Crippen LogP contribution in [0.3, 0.4) is 0 Å². The van der Waals surface area contributed by atoms with Gasteiger partial charge in [0.15, 0.2) is 0 Å². The van der Waals surface area contributed by atoms with E-state index in [0.29, 0.717) is 6.10 Å². The third-order valence-electron chi connectivity index (χ3n) is 3.11. The minimum atomic E-state index is 0.366. The first-order valence-corrected chi connectivity index (χ1v) is 6.84. The van der Waals surface area contributed by atoms with Gasteiger partial charge in [0.1, 0.15) is 0 Å². The lowest BCUT2D eigenvalue weighted by atomic mass is 10.1. The van der Waals surface area contributed by atoms with Crippen LogP contribution >= 0.6 is 0 Å². The van der Waals surface area contributed by atoms with Gasteiger partial charge in [-0.2, -0.15) is 0 Å². The highest BCUT2D eigenvalue weighted by molar-refractivity contribution is 4.74. The van der Waals surface area contributed by atoms with E-state index in [-0.39, 0.29) is 0 Å². The second-order valence-corrected chi connectivity index (χ2v) is 5.55. The van der Waals surface area contributed by atoms with Crippen molar-refractivity contribution in [1.29, 1.82) is 0 Å². The second-order valence-electron chi connectivity index (χ2n) is 5.55. The lowest BCUT2D eigenvalue weighted by Gasteiger charge is -2.35. The first-order chi connectivity index (χ1) is 8.11. The average molecular weight is 243 g/mol. The Hall–Kier alpha value is -0.160. The highest BCUT2D eigenvalue weighted by atomic mass is 16.5. The van der Waals surface area contributed by atoms with E-state index >= 15 is 0 Å². The van der Waals surface area contributed by atoms with E-state index < -0.39 is 0 Å². The first kappa shape index (κ1) is 14.9. The summed E-state index contributed by atoms with van der Waals surface area (Å²) in [5, 5.41) is 0. The number of likely N-dealkylation sites (N-methyl/N-ethyl adjacent to an activating group) is 1. The van der Waals surface area contributed by atoms with Gasteiger partial charge < -0.3 is 15.4 Å². The molecule has 1 rings (SSSR count). The highest BCUT2D eigenvalue weighted by Crippen LogP contribution is 2.09. The quantitative estimate of drug-likeness (QED) is 0.712. The summed E-state index contributed by atoms with van der Waals surface area (Å²) in [4.78, 5) is 4.85. The van der Waals surface area contributed by atoms with E-state index in [4.69, 9.17) is 10.5 Å². The van der Waals surface area contributed by atoms with Crippen molar-refractivity contribution in [1.82, 2.24) is 9.80 Å². The standard InChI is InChI=1S/C13H29N3O/c1-12(2)9-16-7-8-17-13(11-16)10-15(3)6-4-5-14/h12-13H,4-11,14H2,1-3H3. The van der Waals surface area contributed by atoms with Gasteiger partial charge in [0, 0.05) is 26.2 Å². The van der Waals surface area contributed by atoms with Gasteiger partial charge in [0.25, 0.3) is 0 Å². The van der Waals surface area contributed by atoms with Crippen molar-refractivity contribution in [3.63, 3.8) is 0 Å². The van der Waals surface area contributed by atoms with Crippen LogP contribution in [0.25, 0.3) is 0 Å². The molecule has 1 aliphatic rings. The van der Waals surface area contributed by atoms with E-state index in [0.717, 1.165) is 51.7 Å². The van der Waals surface area contributed by atoms with Gasteiger partial charge in [-0.05, 0) is 32.5 Å². The highest BCUT2D eigenvalue weighted by Gasteiger charge is 2.21. The Kier molecular flexibility index (Phi) is 7.04. The van der Waals surface area contributed by atoms with Gasteiger partial charge in [0.2, 0.25) is 0 Å². The van der Waals surface area contributed by atoms with Crippen LogP contribution in [0.4, 0.5) is 0 Å². The third-order valence-corrected chi connectivity index (χ3v) is 3.11. The maximum atomic E-state index is 5.83. The maximum absolute atomic E-state index is 5.83. The Labute approximate surface area is 106 Å². The van der Waals surface area contributed by atoms with Crippen LogP contribution in [0, 0.1) is 5.92 Å². The molecule has 0 spiro atoms. The molecule has 0 radical (unpaired) electrons. The van der Waals surface area contributed by atoms with Crippen LogP contribution in [0.2, 0.25) is 0 Å². The Morgan fingerprint density at radius 1 is 1.47 bits per heavy atom. The molecule has 0 saturated carbocycles. The van der Waals surface area contributed by atoms with Crippen molar-refractivity contribution >= 4 is 0 Å². The minimum Gasteiger partial charge on any atom is -0.374 e. The molecule has 1 fully saturated rings. The summed E-state index contributed by atoms with van der Waals surface area (Å²) in [6.07, 6.45) is 1.43. The Balaban J connectivity index is 2.24. The molecule has 0 amide bonds. The lowest BCUT2D eigenvalue weighted by molar-refractivity contribution is -0.0432. The SMILES string of the molecule is CC(C)CN1CCOC(CN(C)CCCN)C1. The van der Waals surface area contributed by atoms with E-state index in [9.17, 15) is 0 Å². The smallest absolute Gasteiger partial charge is 0.0829 e. The molecule has 1 unspecified atom stereocenters. The second kappa shape index (κ2) is 8.03. The summed E-state index contributed by atoms with van der Waals surface area (Å²) in [5.74, 6) is 0.740. The van der Waals surface area contributed by atoms with Crippen molar-refractivity contribution in [2.45, 2.75) is 26.4 Å². The van der Waals surface area contributed by atoms with Crippen LogP contribution in [-0.2, 0) is 4.74 Å². The number of morpholine rings is 1. The van der Waals surface area contributed by atoms with Crippen molar-refractivity contribution in [2.24, 2.45) is 11.7 Å². The van der Waals surface area contributed by atoms with Crippen LogP contribution in [0.1, 0.15) is 20.3 Å². The number of nitrogens with two attached hydrogens (primary N) is 1. The normalized spacial score (nSPS) is 22.6. The van der Waals surface area contributed by atoms with E-state index in [1.54, 1.807) is 0 Å². The average Bonchev–Trinajstić information content (AvgIpc) is 2.26. The molecule has 0 aliphatic carbocycles. The fraction of sp³-hybridized carbons (Fsp3) is 1.00. The molecule has 1 saturated heterocycles. The number of rotatable bonds is 7. The Morgan fingerprint density at radius 3 is 2.88 bits per heavy atom.